The van der Waals surface area contributed by atoms with Crippen LogP contribution in [0.2, 0.25) is 0 Å². The summed E-state index contributed by atoms with van der Waals surface area (Å²) >= 11 is 1.77. The molecule has 0 saturated heterocycles. The van der Waals surface area contributed by atoms with Crippen LogP contribution in [-0.4, -0.2) is 23.8 Å². The first-order chi connectivity index (χ1) is 6.74. The molecule has 0 aromatic carbocycles. The number of thiophene rings is 1. The van der Waals surface area contributed by atoms with Crippen molar-refractivity contribution in [3.63, 3.8) is 0 Å². The molecule has 1 heterocycles. The van der Waals surface area contributed by atoms with Crippen LogP contribution in [0.4, 0.5) is 0 Å². The first-order valence-corrected chi connectivity index (χ1v) is 5.82. The molecule has 0 N–H and O–H groups in total. The summed E-state index contributed by atoms with van der Waals surface area (Å²) in [6.45, 7) is 6.15. The van der Waals surface area contributed by atoms with Gasteiger partial charge in [0, 0.05) is 30.4 Å². The van der Waals surface area contributed by atoms with E-state index >= 15 is 0 Å². The fourth-order valence-corrected chi connectivity index (χ4v) is 2.07. The maximum absolute atomic E-state index is 10.3. The van der Waals surface area contributed by atoms with Crippen LogP contribution in [0, 0.1) is 0 Å². The topological polar surface area (TPSA) is 20.3 Å². The van der Waals surface area contributed by atoms with Crippen molar-refractivity contribution in [2.24, 2.45) is 0 Å². The number of carbonyl (C=O) groups excluding carboxylic acids is 1. The zero-order chi connectivity index (χ0) is 10.4. The van der Waals surface area contributed by atoms with Gasteiger partial charge in [-0.1, -0.05) is 6.07 Å². The van der Waals surface area contributed by atoms with Crippen molar-refractivity contribution in [2.45, 2.75) is 32.9 Å². The van der Waals surface area contributed by atoms with E-state index in [0.717, 1.165) is 19.4 Å². The Morgan fingerprint density at radius 2 is 2.36 bits per heavy atom. The van der Waals surface area contributed by atoms with E-state index < -0.39 is 0 Å². The summed E-state index contributed by atoms with van der Waals surface area (Å²) in [4.78, 5) is 14.0. The van der Waals surface area contributed by atoms with Gasteiger partial charge < -0.3 is 4.79 Å². The largest absolute Gasteiger partial charge is 0.303 e. The van der Waals surface area contributed by atoms with Crippen LogP contribution in [0.5, 0.6) is 0 Å². The van der Waals surface area contributed by atoms with E-state index in [2.05, 4.69) is 36.3 Å². The predicted molar refractivity (Wildman–Crippen MR) is 60.5 cm³/mol. The molecule has 0 spiro atoms. The SMILES string of the molecule is CC(C)N(CCC=O)Cc1cccs1. The van der Waals surface area contributed by atoms with Crippen LogP contribution in [0.15, 0.2) is 17.5 Å². The van der Waals surface area contributed by atoms with Gasteiger partial charge in [-0.05, 0) is 25.3 Å². The molecule has 14 heavy (non-hydrogen) atoms. The molecule has 0 aliphatic rings. The number of hydrogen-bond donors (Lipinski definition) is 0. The average Bonchev–Trinajstić information content (AvgIpc) is 2.64. The maximum Gasteiger partial charge on any atom is 0.121 e. The molecule has 0 saturated carbocycles. The van der Waals surface area contributed by atoms with Crippen molar-refractivity contribution < 1.29 is 4.79 Å². The Labute approximate surface area is 89.5 Å². The number of carbonyl (C=O) groups is 1. The van der Waals surface area contributed by atoms with Crippen LogP contribution in [0.25, 0.3) is 0 Å². The van der Waals surface area contributed by atoms with E-state index in [1.54, 1.807) is 11.3 Å². The van der Waals surface area contributed by atoms with E-state index in [1.807, 2.05) is 0 Å². The molecule has 0 unspecified atom stereocenters. The Kier molecular flexibility index (Phi) is 4.84. The highest BCUT2D eigenvalue weighted by molar-refractivity contribution is 7.09. The minimum absolute atomic E-state index is 0.497. The van der Waals surface area contributed by atoms with Gasteiger partial charge in [0.05, 0.1) is 0 Å². The van der Waals surface area contributed by atoms with Crippen molar-refractivity contribution >= 4 is 17.6 Å². The van der Waals surface area contributed by atoms with E-state index in [1.165, 1.54) is 4.88 Å². The molecule has 1 rings (SSSR count). The lowest BCUT2D eigenvalue weighted by atomic mass is 10.2. The predicted octanol–water partition coefficient (Wildman–Crippen LogP) is 2.55. The van der Waals surface area contributed by atoms with Gasteiger partial charge >= 0.3 is 0 Å². The van der Waals surface area contributed by atoms with Crippen molar-refractivity contribution in [2.75, 3.05) is 6.54 Å². The summed E-state index contributed by atoms with van der Waals surface area (Å²) in [6, 6.07) is 4.70. The van der Waals surface area contributed by atoms with E-state index in [4.69, 9.17) is 0 Å². The van der Waals surface area contributed by atoms with Gasteiger partial charge in [-0.2, -0.15) is 0 Å². The fourth-order valence-electron chi connectivity index (χ4n) is 1.34. The lowest BCUT2D eigenvalue weighted by Gasteiger charge is -2.24. The molecule has 1 aromatic rings. The smallest absolute Gasteiger partial charge is 0.121 e. The lowest BCUT2D eigenvalue weighted by Crippen LogP contribution is -2.31. The van der Waals surface area contributed by atoms with Gasteiger partial charge in [-0.25, -0.2) is 0 Å². The molecule has 0 aliphatic heterocycles. The molecule has 0 fully saturated rings. The minimum atomic E-state index is 0.497. The van der Waals surface area contributed by atoms with Gasteiger partial charge in [0.15, 0.2) is 0 Å². The molecule has 0 atom stereocenters. The summed E-state index contributed by atoms with van der Waals surface area (Å²) in [6.07, 6.45) is 1.62. The molecule has 3 heteroatoms. The molecule has 1 aromatic heterocycles. The highest BCUT2D eigenvalue weighted by Gasteiger charge is 2.09. The van der Waals surface area contributed by atoms with Crippen molar-refractivity contribution in [3.05, 3.63) is 22.4 Å². The Hall–Kier alpha value is -0.670. The number of hydrogen-bond acceptors (Lipinski definition) is 3. The zero-order valence-electron chi connectivity index (χ0n) is 8.77. The monoisotopic (exact) mass is 211 g/mol. The summed E-state index contributed by atoms with van der Waals surface area (Å²) in [5, 5.41) is 2.09. The maximum atomic E-state index is 10.3. The third-order valence-electron chi connectivity index (χ3n) is 2.20. The lowest BCUT2D eigenvalue weighted by molar-refractivity contribution is -0.108. The van der Waals surface area contributed by atoms with Gasteiger partial charge in [0.25, 0.3) is 0 Å². The average molecular weight is 211 g/mol. The van der Waals surface area contributed by atoms with Crippen LogP contribution in [0.1, 0.15) is 25.1 Å². The fraction of sp³-hybridized carbons (Fsp3) is 0.545. The second kappa shape index (κ2) is 5.94. The Morgan fingerprint density at radius 3 is 2.86 bits per heavy atom. The summed E-state index contributed by atoms with van der Waals surface area (Å²) in [5.41, 5.74) is 0. The third-order valence-corrected chi connectivity index (χ3v) is 3.06. The first kappa shape index (κ1) is 11.4. The second-order valence-corrected chi connectivity index (χ2v) is 4.63. The van der Waals surface area contributed by atoms with E-state index in [9.17, 15) is 4.79 Å². The summed E-state index contributed by atoms with van der Waals surface area (Å²) in [5.74, 6) is 0. The van der Waals surface area contributed by atoms with Gasteiger partial charge in [0.1, 0.15) is 6.29 Å². The Morgan fingerprint density at radius 1 is 1.57 bits per heavy atom. The standard InChI is InChI=1S/C11H17NOS/c1-10(2)12(6-4-7-13)9-11-5-3-8-14-11/h3,5,7-8,10H,4,6,9H2,1-2H3. The molecule has 0 radical (unpaired) electrons. The number of aldehydes is 1. The number of nitrogens with zero attached hydrogens (tertiary/aromatic N) is 1. The molecule has 0 bridgehead atoms. The van der Waals surface area contributed by atoms with E-state index in [0.29, 0.717) is 12.5 Å². The van der Waals surface area contributed by atoms with Crippen molar-refractivity contribution in [1.82, 2.24) is 4.90 Å². The van der Waals surface area contributed by atoms with Gasteiger partial charge in [0.2, 0.25) is 0 Å². The van der Waals surface area contributed by atoms with Crippen molar-refractivity contribution in [3.8, 4) is 0 Å². The zero-order valence-corrected chi connectivity index (χ0v) is 9.59. The Balaban J connectivity index is 2.47. The molecular formula is C11H17NOS. The normalized spacial score (nSPS) is 11.1. The molecule has 0 amide bonds. The van der Waals surface area contributed by atoms with Crippen LogP contribution < -0.4 is 0 Å². The third kappa shape index (κ3) is 3.60. The van der Waals surface area contributed by atoms with Crippen LogP contribution in [-0.2, 0) is 11.3 Å². The quantitative estimate of drug-likeness (QED) is 0.674. The summed E-state index contributed by atoms with van der Waals surface area (Å²) < 4.78 is 0. The van der Waals surface area contributed by atoms with E-state index in [-0.39, 0.29) is 0 Å². The van der Waals surface area contributed by atoms with Crippen LogP contribution in [0.3, 0.4) is 0 Å². The van der Waals surface area contributed by atoms with Crippen LogP contribution >= 0.6 is 11.3 Å². The second-order valence-electron chi connectivity index (χ2n) is 3.60. The Bertz CT molecular complexity index is 256. The summed E-state index contributed by atoms with van der Waals surface area (Å²) in [7, 11) is 0. The molecule has 2 nitrogen and oxygen atoms in total. The van der Waals surface area contributed by atoms with Crippen molar-refractivity contribution in [1.29, 1.82) is 0 Å². The first-order valence-electron chi connectivity index (χ1n) is 4.94. The minimum Gasteiger partial charge on any atom is -0.303 e. The highest BCUT2D eigenvalue weighted by atomic mass is 32.1. The number of rotatable bonds is 6. The molecule has 78 valence electrons. The molecular weight excluding hydrogens is 194 g/mol. The van der Waals surface area contributed by atoms with Gasteiger partial charge in [-0.15, -0.1) is 11.3 Å². The molecule has 0 aliphatic carbocycles. The highest BCUT2D eigenvalue weighted by Crippen LogP contribution is 2.13. The van der Waals surface area contributed by atoms with Gasteiger partial charge in [-0.3, -0.25) is 4.90 Å².